The third-order valence-corrected chi connectivity index (χ3v) is 7.87. The number of thiazole rings is 1. The predicted molar refractivity (Wildman–Crippen MR) is 117 cm³/mol. The Morgan fingerprint density at radius 1 is 1.10 bits per heavy atom. The van der Waals surface area contributed by atoms with E-state index in [0.717, 1.165) is 26.1 Å². The van der Waals surface area contributed by atoms with E-state index in [9.17, 15) is 8.42 Å². The van der Waals surface area contributed by atoms with Gasteiger partial charge in [0.15, 0.2) is 16.3 Å². The highest BCUT2D eigenvalue weighted by atomic mass is 35.5. The van der Waals surface area contributed by atoms with Crippen molar-refractivity contribution < 1.29 is 17.9 Å². The topological polar surface area (TPSA) is 73.1 Å². The first-order valence-electron chi connectivity index (χ1n) is 9.09. The SMILES string of the molecule is CN(C)S(=O)(=O)c1cc(-c2csc(=Nc3ccc4c(c3)OCCO4)n2C)ccc1Cl. The summed E-state index contributed by atoms with van der Waals surface area (Å²) in [7, 11) is 1.19. The third kappa shape index (κ3) is 3.85. The summed E-state index contributed by atoms with van der Waals surface area (Å²) in [5.74, 6) is 1.39. The Kier molecular flexibility index (Phi) is 5.63. The maximum absolute atomic E-state index is 12.6. The van der Waals surface area contributed by atoms with E-state index in [1.54, 1.807) is 18.2 Å². The molecule has 0 fully saturated rings. The van der Waals surface area contributed by atoms with Crippen molar-refractivity contribution in [2.24, 2.45) is 12.0 Å². The zero-order valence-electron chi connectivity index (χ0n) is 16.6. The number of benzene rings is 2. The fourth-order valence-corrected chi connectivity index (χ4v) is 5.32. The largest absolute Gasteiger partial charge is 0.486 e. The molecule has 10 heteroatoms. The normalized spacial score (nSPS) is 14.4. The van der Waals surface area contributed by atoms with Gasteiger partial charge in [-0.05, 0) is 24.3 Å². The quantitative estimate of drug-likeness (QED) is 0.589. The van der Waals surface area contributed by atoms with Gasteiger partial charge in [0, 0.05) is 38.2 Å². The third-order valence-electron chi connectivity index (χ3n) is 4.66. The van der Waals surface area contributed by atoms with Gasteiger partial charge in [0.2, 0.25) is 10.0 Å². The maximum atomic E-state index is 12.6. The number of hydrogen-bond donors (Lipinski definition) is 0. The van der Waals surface area contributed by atoms with Crippen LogP contribution in [-0.4, -0.2) is 44.6 Å². The van der Waals surface area contributed by atoms with Crippen LogP contribution in [0.3, 0.4) is 0 Å². The second-order valence-corrected chi connectivity index (χ2v) is 10.2. The molecule has 0 aliphatic carbocycles. The molecule has 2 heterocycles. The Morgan fingerprint density at radius 3 is 2.57 bits per heavy atom. The highest BCUT2D eigenvalue weighted by Crippen LogP contribution is 2.34. The van der Waals surface area contributed by atoms with Gasteiger partial charge in [0.1, 0.15) is 18.1 Å². The summed E-state index contributed by atoms with van der Waals surface area (Å²) in [4.78, 5) is 5.54. The molecular weight excluding hydrogens is 446 g/mol. The number of ether oxygens (including phenoxy) is 2. The van der Waals surface area contributed by atoms with E-state index in [-0.39, 0.29) is 9.92 Å². The van der Waals surface area contributed by atoms with Gasteiger partial charge >= 0.3 is 0 Å². The molecule has 3 aromatic rings. The molecule has 2 aromatic carbocycles. The van der Waals surface area contributed by atoms with Crippen molar-refractivity contribution in [3.8, 4) is 22.8 Å². The van der Waals surface area contributed by atoms with Crippen molar-refractivity contribution in [3.05, 3.63) is 51.6 Å². The van der Waals surface area contributed by atoms with Crippen LogP contribution in [0.4, 0.5) is 5.69 Å². The predicted octanol–water partition coefficient (Wildman–Crippen LogP) is 3.66. The van der Waals surface area contributed by atoms with Gasteiger partial charge in [-0.15, -0.1) is 11.3 Å². The van der Waals surface area contributed by atoms with Crippen molar-refractivity contribution in [2.45, 2.75) is 4.90 Å². The zero-order valence-corrected chi connectivity index (χ0v) is 19.0. The van der Waals surface area contributed by atoms with E-state index in [2.05, 4.69) is 0 Å². The molecule has 0 atom stereocenters. The van der Waals surface area contributed by atoms with E-state index in [0.29, 0.717) is 24.7 Å². The zero-order chi connectivity index (χ0) is 21.5. The van der Waals surface area contributed by atoms with Crippen LogP contribution in [0.15, 0.2) is 51.7 Å². The first-order valence-corrected chi connectivity index (χ1v) is 11.8. The monoisotopic (exact) mass is 465 g/mol. The first-order chi connectivity index (χ1) is 14.3. The van der Waals surface area contributed by atoms with Gasteiger partial charge in [0.25, 0.3) is 0 Å². The van der Waals surface area contributed by atoms with Crippen molar-refractivity contribution in [1.29, 1.82) is 0 Å². The van der Waals surface area contributed by atoms with Crippen LogP contribution in [0.25, 0.3) is 11.3 Å². The lowest BCUT2D eigenvalue weighted by Gasteiger charge is -2.18. The van der Waals surface area contributed by atoms with E-state index in [1.165, 1.54) is 25.4 Å². The summed E-state index contributed by atoms with van der Waals surface area (Å²) < 4.78 is 39.4. The van der Waals surface area contributed by atoms with E-state index in [4.69, 9.17) is 26.1 Å². The van der Waals surface area contributed by atoms with Crippen LogP contribution in [0.1, 0.15) is 0 Å². The summed E-state index contributed by atoms with van der Waals surface area (Å²) in [6.45, 7) is 1.06. The highest BCUT2D eigenvalue weighted by Gasteiger charge is 2.22. The molecule has 0 saturated carbocycles. The van der Waals surface area contributed by atoms with Crippen molar-refractivity contribution in [2.75, 3.05) is 27.3 Å². The number of rotatable bonds is 4. The summed E-state index contributed by atoms with van der Waals surface area (Å²) in [5, 5.41) is 2.12. The number of hydrogen-bond acceptors (Lipinski definition) is 6. The van der Waals surface area contributed by atoms with Crippen LogP contribution in [0, 0.1) is 0 Å². The van der Waals surface area contributed by atoms with E-state index < -0.39 is 10.0 Å². The summed E-state index contributed by atoms with van der Waals surface area (Å²) in [6, 6.07) is 10.6. The average Bonchev–Trinajstić information content (AvgIpc) is 3.08. The van der Waals surface area contributed by atoms with Crippen molar-refractivity contribution in [1.82, 2.24) is 8.87 Å². The van der Waals surface area contributed by atoms with Crippen molar-refractivity contribution in [3.63, 3.8) is 0 Å². The van der Waals surface area contributed by atoms with Gasteiger partial charge in [-0.1, -0.05) is 17.7 Å². The molecule has 0 N–H and O–H groups in total. The second-order valence-electron chi connectivity index (χ2n) is 6.83. The van der Waals surface area contributed by atoms with Gasteiger partial charge in [-0.3, -0.25) is 0 Å². The van der Waals surface area contributed by atoms with Crippen LogP contribution in [0.5, 0.6) is 11.5 Å². The number of nitrogens with zero attached hydrogens (tertiary/aromatic N) is 3. The molecule has 30 heavy (non-hydrogen) atoms. The minimum Gasteiger partial charge on any atom is -0.486 e. The molecular formula is C20H20ClN3O4S2. The minimum atomic E-state index is -3.66. The van der Waals surface area contributed by atoms with Gasteiger partial charge < -0.3 is 14.0 Å². The number of halogens is 1. The van der Waals surface area contributed by atoms with Gasteiger partial charge in [0.05, 0.1) is 16.4 Å². The Bertz CT molecular complexity index is 1280. The van der Waals surface area contributed by atoms with Gasteiger partial charge in [-0.25, -0.2) is 17.7 Å². The Hall–Kier alpha value is -2.33. The van der Waals surface area contributed by atoms with Crippen LogP contribution >= 0.6 is 22.9 Å². The van der Waals surface area contributed by atoms with Crippen LogP contribution < -0.4 is 14.3 Å². The van der Waals surface area contributed by atoms with Gasteiger partial charge in [-0.2, -0.15) is 0 Å². The standard InChI is InChI=1S/C20H20ClN3O4S2/c1-23(2)30(25,26)19-10-13(4-6-15(19)21)16-12-29-20(24(16)3)22-14-5-7-17-18(11-14)28-9-8-27-17/h4-7,10-12H,8-9H2,1-3H3. The second kappa shape index (κ2) is 8.07. The molecule has 158 valence electrons. The Labute approximate surface area is 183 Å². The number of aromatic nitrogens is 1. The highest BCUT2D eigenvalue weighted by molar-refractivity contribution is 7.89. The molecule has 7 nitrogen and oxygen atoms in total. The first kappa shape index (κ1) is 20.9. The van der Waals surface area contributed by atoms with Crippen LogP contribution in [0.2, 0.25) is 5.02 Å². The number of fused-ring (bicyclic) bond motifs is 1. The maximum Gasteiger partial charge on any atom is 0.244 e. The lowest BCUT2D eigenvalue weighted by molar-refractivity contribution is 0.171. The molecule has 1 aromatic heterocycles. The Morgan fingerprint density at radius 2 is 1.83 bits per heavy atom. The summed E-state index contributed by atoms with van der Waals surface area (Å²) >= 11 is 7.63. The molecule has 0 spiro atoms. The summed E-state index contributed by atoms with van der Waals surface area (Å²) in [6.07, 6.45) is 0. The molecule has 0 radical (unpaired) electrons. The lowest BCUT2D eigenvalue weighted by Crippen LogP contribution is -2.22. The molecule has 0 bridgehead atoms. The lowest BCUT2D eigenvalue weighted by atomic mass is 10.2. The number of sulfonamides is 1. The van der Waals surface area contributed by atoms with E-state index >= 15 is 0 Å². The molecule has 4 rings (SSSR count). The van der Waals surface area contributed by atoms with E-state index in [1.807, 2.05) is 35.2 Å². The van der Waals surface area contributed by atoms with Crippen LogP contribution in [-0.2, 0) is 17.1 Å². The molecule has 1 aliphatic rings. The fourth-order valence-electron chi connectivity index (χ4n) is 3.00. The molecule has 0 unspecified atom stereocenters. The molecule has 0 amide bonds. The smallest absolute Gasteiger partial charge is 0.244 e. The fraction of sp³-hybridized carbons (Fsp3) is 0.250. The minimum absolute atomic E-state index is 0.0724. The Balaban J connectivity index is 1.75. The molecule has 1 aliphatic heterocycles. The average molecular weight is 466 g/mol. The summed E-state index contributed by atoms with van der Waals surface area (Å²) in [5.41, 5.74) is 2.32. The van der Waals surface area contributed by atoms with Crippen molar-refractivity contribution >= 4 is 38.6 Å². The molecule has 0 saturated heterocycles.